The van der Waals surface area contributed by atoms with Crippen molar-refractivity contribution < 1.29 is 9.84 Å². The van der Waals surface area contributed by atoms with E-state index in [1.54, 1.807) is 6.33 Å². The van der Waals surface area contributed by atoms with E-state index >= 15 is 0 Å². The molecule has 1 fully saturated rings. The molecular formula is C11H18N4O2. The van der Waals surface area contributed by atoms with Crippen LogP contribution in [0.4, 0.5) is 11.6 Å². The third kappa shape index (κ3) is 3.54. The number of nitrogens with zero attached hydrogens (tertiary/aromatic N) is 3. The lowest BCUT2D eigenvalue weighted by Gasteiger charge is -2.27. The molecule has 2 heterocycles. The number of ether oxygens (including phenoxy) is 1. The van der Waals surface area contributed by atoms with Gasteiger partial charge < -0.3 is 20.1 Å². The molecule has 2 N–H and O–H groups in total. The smallest absolute Gasteiger partial charge is 0.134 e. The Morgan fingerprint density at radius 2 is 2.18 bits per heavy atom. The molecule has 1 aliphatic rings. The van der Waals surface area contributed by atoms with Crippen LogP contribution in [-0.4, -0.2) is 54.5 Å². The van der Waals surface area contributed by atoms with E-state index in [0.29, 0.717) is 0 Å². The Kier molecular flexibility index (Phi) is 4.52. The van der Waals surface area contributed by atoms with Gasteiger partial charge in [-0.05, 0) is 6.42 Å². The van der Waals surface area contributed by atoms with Gasteiger partial charge in [0.2, 0.25) is 0 Å². The van der Waals surface area contributed by atoms with Crippen molar-refractivity contribution in [3.63, 3.8) is 0 Å². The van der Waals surface area contributed by atoms with Crippen LogP contribution in [0.15, 0.2) is 12.4 Å². The van der Waals surface area contributed by atoms with Crippen LogP contribution in [0.25, 0.3) is 0 Å². The Morgan fingerprint density at radius 3 is 2.94 bits per heavy atom. The van der Waals surface area contributed by atoms with Gasteiger partial charge in [-0.25, -0.2) is 9.97 Å². The monoisotopic (exact) mass is 238 g/mol. The van der Waals surface area contributed by atoms with Crippen LogP contribution in [0.1, 0.15) is 6.42 Å². The minimum absolute atomic E-state index is 0.189. The molecule has 2 rings (SSSR count). The highest BCUT2D eigenvalue weighted by Gasteiger charge is 2.12. The second kappa shape index (κ2) is 6.36. The molecule has 1 aromatic heterocycles. The molecule has 0 atom stereocenters. The van der Waals surface area contributed by atoms with Gasteiger partial charge in [0.05, 0.1) is 13.2 Å². The molecule has 1 aromatic rings. The quantitative estimate of drug-likeness (QED) is 0.709. The predicted molar refractivity (Wildman–Crippen MR) is 65.3 cm³/mol. The zero-order chi connectivity index (χ0) is 11.9. The Labute approximate surface area is 101 Å². The Balaban J connectivity index is 1.95. The lowest BCUT2D eigenvalue weighted by Crippen LogP contribution is -2.36. The topological polar surface area (TPSA) is 70.5 Å². The zero-order valence-electron chi connectivity index (χ0n) is 9.80. The molecule has 6 heteroatoms. The van der Waals surface area contributed by atoms with Crippen LogP contribution >= 0.6 is 0 Å². The number of aliphatic hydroxyl groups excluding tert-OH is 1. The van der Waals surface area contributed by atoms with Gasteiger partial charge in [-0.15, -0.1) is 0 Å². The van der Waals surface area contributed by atoms with Crippen molar-refractivity contribution in [3.05, 3.63) is 12.4 Å². The summed E-state index contributed by atoms with van der Waals surface area (Å²) in [6.45, 7) is 4.14. The molecule has 1 aliphatic heterocycles. The van der Waals surface area contributed by atoms with Crippen molar-refractivity contribution in [1.29, 1.82) is 0 Å². The van der Waals surface area contributed by atoms with Gasteiger partial charge in [-0.2, -0.15) is 0 Å². The molecule has 0 saturated carbocycles. The van der Waals surface area contributed by atoms with Crippen LogP contribution in [0.3, 0.4) is 0 Å². The summed E-state index contributed by atoms with van der Waals surface area (Å²) in [5, 5.41) is 11.9. The number of morpholine rings is 1. The van der Waals surface area contributed by atoms with Crippen LogP contribution in [-0.2, 0) is 4.74 Å². The highest BCUT2D eigenvalue weighted by atomic mass is 16.5. The van der Waals surface area contributed by atoms with Gasteiger partial charge in [0.25, 0.3) is 0 Å². The van der Waals surface area contributed by atoms with Crippen LogP contribution < -0.4 is 10.2 Å². The molecule has 0 unspecified atom stereocenters. The van der Waals surface area contributed by atoms with Gasteiger partial charge in [0.1, 0.15) is 18.0 Å². The van der Waals surface area contributed by atoms with Crippen molar-refractivity contribution >= 4 is 11.6 Å². The summed E-state index contributed by atoms with van der Waals surface area (Å²) < 4.78 is 5.30. The maximum absolute atomic E-state index is 8.71. The van der Waals surface area contributed by atoms with E-state index in [2.05, 4.69) is 20.2 Å². The lowest BCUT2D eigenvalue weighted by molar-refractivity contribution is 0.122. The number of aromatic nitrogens is 2. The third-order valence-corrected chi connectivity index (χ3v) is 2.63. The largest absolute Gasteiger partial charge is 0.396 e. The molecule has 0 aromatic carbocycles. The first-order valence-electron chi connectivity index (χ1n) is 5.89. The number of anilines is 2. The SMILES string of the molecule is OCCCNc1cc(N2CCOCC2)ncn1. The summed E-state index contributed by atoms with van der Waals surface area (Å²) in [4.78, 5) is 10.6. The molecule has 17 heavy (non-hydrogen) atoms. The Hall–Kier alpha value is -1.40. The fourth-order valence-corrected chi connectivity index (χ4v) is 1.70. The molecule has 1 saturated heterocycles. The van der Waals surface area contributed by atoms with E-state index in [4.69, 9.17) is 9.84 Å². The fourth-order valence-electron chi connectivity index (χ4n) is 1.70. The minimum atomic E-state index is 0.189. The first kappa shape index (κ1) is 12.1. The van der Waals surface area contributed by atoms with Gasteiger partial charge >= 0.3 is 0 Å². The van der Waals surface area contributed by atoms with Gasteiger partial charge in [0.15, 0.2) is 0 Å². The van der Waals surface area contributed by atoms with Gasteiger partial charge in [0, 0.05) is 32.3 Å². The van der Waals surface area contributed by atoms with Crippen LogP contribution in [0.5, 0.6) is 0 Å². The number of hydrogen-bond acceptors (Lipinski definition) is 6. The Morgan fingerprint density at radius 1 is 1.35 bits per heavy atom. The summed E-state index contributed by atoms with van der Waals surface area (Å²) in [5.74, 6) is 1.73. The minimum Gasteiger partial charge on any atom is -0.396 e. The predicted octanol–water partition coefficient (Wildman–Crippen LogP) is 0.107. The summed E-state index contributed by atoms with van der Waals surface area (Å²) in [5.41, 5.74) is 0. The van der Waals surface area contributed by atoms with Crippen molar-refractivity contribution in [2.75, 3.05) is 49.7 Å². The first-order chi connectivity index (χ1) is 8.40. The second-order valence-corrected chi connectivity index (χ2v) is 3.86. The second-order valence-electron chi connectivity index (χ2n) is 3.86. The van der Waals surface area contributed by atoms with E-state index in [0.717, 1.165) is 50.9 Å². The van der Waals surface area contributed by atoms with Crippen molar-refractivity contribution in [3.8, 4) is 0 Å². The molecule has 0 radical (unpaired) electrons. The van der Waals surface area contributed by atoms with E-state index < -0.39 is 0 Å². The van der Waals surface area contributed by atoms with E-state index in [9.17, 15) is 0 Å². The molecule has 0 bridgehead atoms. The normalized spacial score (nSPS) is 15.9. The van der Waals surface area contributed by atoms with Crippen molar-refractivity contribution in [2.45, 2.75) is 6.42 Å². The number of hydrogen-bond donors (Lipinski definition) is 2. The highest BCUT2D eigenvalue weighted by molar-refractivity contribution is 5.48. The van der Waals surface area contributed by atoms with E-state index in [1.165, 1.54) is 0 Å². The number of rotatable bonds is 5. The molecule has 94 valence electrons. The summed E-state index contributed by atoms with van der Waals surface area (Å²) in [6, 6.07) is 1.93. The Bertz CT molecular complexity index is 342. The standard InChI is InChI=1S/C11H18N4O2/c16-5-1-2-12-10-8-11(14-9-13-10)15-3-6-17-7-4-15/h8-9,16H,1-7H2,(H,12,13,14). The van der Waals surface area contributed by atoms with Crippen molar-refractivity contribution in [1.82, 2.24) is 9.97 Å². The average molecular weight is 238 g/mol. The maximum Gasteiger partial charge on any atom is 0.134 e. The van der Waals surface area contributed by atoms with Crippen LogP contribution in [0, 0.1) is 0 Å². The van der Waals surface area contributed by atoms with Crippen molar-refractivity contribution in [2.24, 2.45) is 0 Å². The fraction of sp³-hybridized carbons (Fsp3) is 0.636. The van der Waals surface area contributed by atoms with Crippen LogP contribution in [0.2, 0.25) is 0 Å². The lowest BCUT2D eigenvalue weighted by atomic mass is 10.4. The van der Waals surface area contributed by atoms with E-state index in [1.807, 2.05) is 6.07 Å². The summed E-state index contributed by atoms with van der Waals surface area (Å²) in [7, 11) is 0. The zero-order valence-corrected chi connectivity index (χ0v) is 9.80. The molecule has 0 spiro atoms. The van der Waals surface area contributed by atoms with E-state index in [-0.39, 0.29) is 6.61 Å². The summed E-state index contributed by atoms with van der Waals surface area (Å²) in [6.07, 6.45) is 2.28. The first-order valence-corrected chi connectivity index (χ1v) is 5.89. The third-order valence-electron chi connectivity index (χ3n) is 2.63. The number of aliphatic hydroxyl groups is 1. The van der Waals surface area contributed by atoms with Gasteiger partial charge in [-0.3, -0.25) is 0 Å². The number of nitrogens with one attached hydrogen (secondary N) is 1. The molecular weight excluding hydrogens is 220 g/mol. The molecule has 0 aliphatic carbocycles. The van der Waals surface area contributed by atoms with Gasteiger partial charge in [-0.1, -0.05) is 0 Å². The average Bonchev–Trinajstić information content (AvgIpc) is 2.41. The molecule has 0 amide bonds. The maximum atomic E-state index is 8.71. The molecule has 6 nitrogen and oxygen atoms in total. The highest BCUT2D eigenvalue weighted by Crippen LogP contribution is 2.15. The summed E-state index contributed by atoms with van der Waals surface area (Å²) >= 11 is 0.